The molecule has 1 atom stereocenters. The summed E-state index contributed by atoms with van der Waals surface area (Å²) < 4.78 is 5.31. The summed E-state index contributed by atoms with van der Waals surface area (Å²) in [6, 6.07) is 0. The van der Waals surface area contributed by atoms with Crippen molar-refractivity contribution in [3.8, 4) is 0 Å². The third kappa shape index (κ3) is 4.30. The number of ether oxygens (including phenoxy) is 1. The normalized spacial score (nSPS) is 20.5. The predicted molar refractivity (Wildman–Crippen MR) is 106 cm³/mol. The molecular weight excluding hydrogens is 346 g/mol. The Morgan fingerprint density at radius 3 is 2.62 bits per heavy atom. The Morgan fingerprint density at radius 2 is 1.92 bits per heavy atom. The van der Waals surface area contributed by atoms with E-state index < -0.39 is 0 Å². The maximum absolute atomic E-state index is 12.7. The van der Waals surface area contributed by atoms with E-state index in [2.05, 4.69) is 12.2 Å². The minimum absolute atomic E-state index is 0.0824. The van der Waals surface area contributed by atoms with Crippen LogP contribution < -0.4 is 5.32 Å². The number of thiophene rings is 1. The van der Waals surface area contributed by atoms with E-state index in [0.717, 1.165) is 55.5 Å². The molecule has 0 spiro atoms. The maximum atomic E-state index is 12.7. The Morgan fingerprint density at radius 1 is 1.15 bits per heavy atom. The first-order chi connectivity index (χ1) is 12.6. The van der Waals surface area contributed by atoms with E-state index in [1.807, 2.05) is 6.92 Å². The first-order valence-corrected chi connectivity index (χ1v) is 11.1. The minimum Gasteiger partial charge on any atom is -0.462 e. The fraction of sp³-hybridized carbons (Fsp3) is 0.714. The van der Waals surface area contributed by atoms with E-state index in [4.69, 9.17) is 4.74 Å². The Balaban J connectivity index is 1.83. The lowest BCUT2D eigenvalue weighted by atomic mass is 9.84. The van der Waals surface area contributed by atoms with Crippen molar-refractivity contribution < 1.29 is 14.3 Å². The Labute approximate surface area is 160 Å². The summed E-state index contributed by atoms with van der Waals surface area (Å²) in [5.41, 5.74) is 1.76. The van der Waals surface area contributed by atoms with Gasteiger partial charge in [-0.1, -0.05) is 39.0 Å². The zero-order chi connectivity index (χ0) is 18.5. The number of nitrogens with one attached hydrogen (secondary N) is 1. The highest BCUT2D eigenvalue weighted by Crippen LogP contribution is 2.41. The maximum Gasteiger partial charge on any atom is 0.341 e. The van der Waals surface area contributed by atoms with Crippen LogP contribution in [0.5, 0.6) is 0 Å². The molecule has 1 heterocycles. The zero-order valence-corrected chi connectivity index (χ0v) is 16.9. The van der Waals surface area contributed by atoms with Crippen molar-refractivity contribution in [1.29, 1.82) is 0 Å². The van der Waals surface area contributed by atoms with Gasteiger partial charge in [0.2, 0.25) is 5.91 Å². The van der Waals surface area contributed by atoms with Crippen LogP contribution in [0.3, 0.4) is 0 Å². The lowest BCUT2D eigenvalue weighted by Gasteiger charge is -2.22. The van der Waals surface area contributed by atoms with E-state index in [1.54, 1.807) is 11.3 Å². The summed E-state index contributed by atoms with van der Waals surface area (Å²) in [5, 5.41) is 3.83. The molecule has 26 heavy (non-hydrogen) atoms. The highest BCUT2D eigenvalue weighted by atomic mass is 32.1. The third-order valence-corrected chi connectivity index (χ3v) is 6.93. The second-order valence-electron chi connectivity index (χ2n) is 7.65. The van der Waals surface area contributed by atoms with Crippen LogP contribution in [0.2, 0.25) is 0 Å². The van der Waals surface area contributed by atoms with Crippen LogP contribution in [0.15, 0.2) is 0 Å². The molecule has 0 saturated heterocycles. The fourth-order valence-electron chi connectivity index (χ4n) is 4.39. The number of hydrogen-bond donors (Lipinski definition) is 1. The number of fused-ring (bicyclic) bond motifs is 1. The molecule has 2 aliphatic rings. The lowest BCUT2D eigenvalue weighted by Crippen LogP contribution is -2.25. The van der Waals surface area contributed by atoms with Gasteiger partial charge in [0, 0.05) is 10.8 Å². The summed E-state index contributed by atoms with van der Waals surface area (Å²) in [5.74, 6) is 0.589. The van der Waals surface area contributed by atoms with Gasteiger partial charge in [0.15, 0.2) is 0 Å². The number of anilines is 1. The van der Waals surface area contributed by atoms with Gasteiger partial charge in [0.25, 0.3) is 0 Å². The Bertz CT molecular complexity index is 646. The summed E-state index contributed by atoms with van der Waals surface area (Å²) in [6.45, 7) is 4.41. The molecule has 1 N–H and O–H groups in total. The number of rotatable bonds is 6. The second-order valence-corrected chi connectivity index (χ2v) is 8.76. The van der Waals surface area contributed by atoms with Gasteiger partial charge in [0.1, 0.15) is 5.00 Å². The molecule has 0 aromatic carbocycles. The van der Waals surface area contributed by atoms with E-state index in [0.29, 0.717) is 18.1 Å². The highest BCUT2D eigenvalue weighted by Gasteiger charge is 2.31. The van der Waals surface area contributed by atoms with Crippen LogP contribution in [0.4, 0.5) is 5.00 Å². The van der Waals surface area contributed by atoms with E-state index in [-0.39, 0.29) is 17.8 Å². The van der Waals surface area contributed by atoms with Crippen molar-refractivity contribution in [2.24, 2.45) is 11.8 Å². The fourth-order valence-corrected chi connectivity index (χ4v) is 5.75. The Kier molecular flexibility index (Phi) is 6.74. The standard InChI is InChI=1S/C21H31NO3S/c1-3-8-14-11-12-16-17(13-14)26-20(18(16)21(24)25-4-2)22-19(23)15-9-6-5-7-10-15/h14-15H,3-13H2,1-2H3,(H,22,23)/t14-/m0/s1. The van der Waals surface area contributed by atoms with Gasteiger partial charge in [-0.2, -0.15) is 0 Å². The van der Waals surface area contributed by atoms with Crippen molar-refractivity contribution >= 4 is 28.2 Å². The molecule has 1 aromatic rings. The van der Waals surface area contributed by atoms with Gasteiger partial charge in [-0.3, -0.25) is 4.79 Å². The van der Waals surface area contributed by atoms with Crippen LogP contribution in [0.1, 0.15) is 86.0 Å². The highest BCUT2D eigenvalue weighted by molar-refractivity contribution is 7.17. The molecule has 5 heteroatoms. The molecule has 2 aliphatic carbocycles. The van der Waals surface area contributed by atoms with Gasteiger partial charge >= 0.3 is 5.97 Å². The van der Waals surface area contributed by atoms with Gasteiger partial charge < -0.3 is 10.1 Å². The SMILES string of the molecule is CCC[C@H]1CCc2c(sc(NC(=O)C3CCCCC3)c2C(=O)OCC)C1. The van der Waals surface area contributed by atoms with E-state index in [9.17, 15) is 9.59 Å². The Hall–Kier alpha value is -1.36. The van der Waals surface area contributed by atoms with Crippen molar-refractivity contribution in [2.75, 3.05) is 11.9 Å². The molecule has 1 aromatic heterocycles. The summed E-state index contributed by atoms with van der Waals surface area (Å²) in [4.78, 5) is 26.6. The summed E-state index contributed by atoms with van der Waals surface area (Å²) in [7, 11) is 0. The molecule has 0 unspecified atom stereocenters. The van der Waals surface area contributed by atoms with Crippen molar-refractivity contribution in [2.45, 2.75) is 78.1 Å². The largest absolute Gasteiger partial charge is 0.462 e. The minimum atomic E-state index is -0.280. The first-order valence-electron chi connectivity index (χ1n) is 10.3. The molecule has 0 radical (unpaired) electrons. The van der Waals surface area contributed by atoms with Crippen LogP contribution in [-0.4, -0.2) is 18.5 Å². The topological polar surface area (TPSA) is 55.4 Å². The molecule has 144 valence electrons. The van der Waals surface area contributed by atoms with E-state index >= 15 is 0 Å². The summed E-state index contributed by atoms with van der Waals surface area (Å²) >= 11 is 1.61. The first kappa shape index (κ1) is 19.4. The molecule has 3 rings (SSSR count). The number of carbonyl (C=O) groups is 2. The van der Waals surface area contributed by atoms with Crippen molar-refractivity contribution in [3.05, 3.63) is 16.0 Å². The van der Waals surface area contributed by atoms with Crippen LogP contribution in [0.25, 0.3) is 0 Å². The zero-order valence-electron chi connectivity index (χ0n) is 16.1. The monoisotopic (exact) mass is 377 g/mol. The molecule has 0 bridgehead atoms. The van der Waals surface area contributed by atoms with Gasteiger partial charge in [-0.15, -0.1) is 11.3 Å². The lowest BCUT2D eigenvalue weighted by molar-refractivity contribution is -0.120. The van der Waals surface area contributed by atoms with Gasteiger partial charge in [-0.25, -0.2) is 4.79 Å². The number of amides is 1. The molecule has 1 saturated carbocycles. The number of esters is 1. The number of hydrogen-bond acceptors (Lipinski definition) is 4. The summed E-state index contributed by atoms with van der Waals surface area (Å²) in [6.07, 6.45) is 10.9. The average molecular weight is 378 g/mol. The van der Waals surface area contributed by atoms with Crippen LogP contribution in [-0.2, 0) is 22.4 Å². The average Bonchev–Trinajstić information content (AvgIpc) is 3.00. The van der Waals surface area contributed by atoms with Crippen molar-refractivity contribution in [3.63, 3.8) is 0 Å². The predicted octanol–water partition coefficient (Wildman–Crippen LogP) is 5.35. The molecule has 1 fully saturated rings. The third-order valence-electron chi connectivity index (χ3n) is 5.76. The van der Waals surface area contributed by atoms with Crippen molar-refractivity contribution in [1.82, 2.24) is 0 Å². The van der Waals surface area contributed by atoms with Gasteiger partial charge in [0.05, 0.1) is 12.2 Å². The smallest absolute Gasteiger partial charge is 0.341 e. The second kappa shape index (κ2) is 9.03. The van der Waals surface area contributed by atoms with Crippen LogP contribution in [0, 0.1) is 11.8 Å². The van der Waals surface area contributed by atoms with Gasteiger partial charge in [-0.05, 0) is 50.5 Å². The molecule has 4 nitrogen and oxygen atoms in total. The number of carbonyl (C=O) groups excluding carboxylic acids is 2. The van der Waals surface area contributed by atoms with E-state index in [1.165, 1.54) is 24.1 Å². The van der Waals surface area contributed by atoms with Crippen LogP contribution >= 0.6 is 11.3 Å². The molecule has 0 aliphatic heterocycles. The quantitative estimate of drug-likeness (QED) is 0.680. The molecule has 1 amide bonds. The molecular formula is C21H31NO3S.